The zero-order valence-corrected chi connectivity index (χ0v) is 19.6. The van der Waals surface area contributed by atoms with E-state index in [9.17, 15) is 10.2 Å². The lowest BCUT2D eigenvalue weighted by Crippen LogP contribution is -2.23. The van der Waals surface area contributed by atoms with Crippen LogP contribution in [-0.4, -0.2) is 49.5 Å². The number of pyridine rings is 1. The molecular formula is C25H38N4O3. The Labute approximate surface area is 191 Å². The fourth-order valence-corrected chi connectivity index (χ4v) is 5.00. The summed E-state index contributed by atoms with van der Waals surface area (Å²) in [5.74, 6) is 2.02. The van der Waals surface area contributed by atoms with Gasteiger partial charge in [0, 0.05) is 30.4 Å². The van der Waals surface area contributed by atoms with E-state index in [2.05, 4.69) is 31.1 Å². The quantitative estimate of drug-likeness (QED) is 0.563. The molecule has 0 bridgehead atoms. The molecule has 2 aromatic heterocycles. The van der Waals surface area contributed by atoms with E-state index in [1.54, 1.807) is 0 Å². The highest BCUT2D eigenvalue weighted by Crippen LogP contribution is 2.38. The summed E-state index contributed by atoms with van der Waals surface area (Å²) in [6.07, 6.45) is 11.0. The van der Waals surface area contributed by atoms with Crippen LogP contribution < -0.4 is 10.1 Å². The summed E-state index contributed by atoms with van der Waals surface area (Å²) in [7, 11) is 0. The van der Waals surface area contributed by atoms with Crippen LogP contribution in [0, 0.1) is 5.92 Å². The third-order valence-electron chi connectivity index (χ3n) is 7.21. The van der Waals surface area contributed by atoms with Crippen molar-refractivity contribution in [3.63, 3.8) is 0 Å². The van der Waals surface area contributed by atoms with Crippen LogP contribution in [0.4, 0.5) is 5.95 Å². The lowest BCUT2D eigenvalue weighted by Gasteiger charge is -2.27. The highest BCUT2D eigenvalue weighted by Gasteiger charge is 2.27. The Morgan fingerprint density at radius 1 is 1.03 bits per heavy atom. The molecule has 2 aliphatic rings. The van der Waals surface area contributed by atoms with E-state index in [-0.39, 0.29) is 24.4 Å². The Hall–Kier alpha value is -1.99. The van der Waals surface area contributed by atoms with Gasteiger partial charge in [-0.3, -0.25) is 0 Å². The zero-order valence-electron chi connectivity index (χ0n) is 19.6. The average molecular weight is 443 g/mol. The van der Waals surface area contributed by atoms with Crippen LogP contribution in [0.25, 0.3) is 10.9 Å². The monoisotopic (exact) mass is 442 g/mol. The van der Waals surface area contributed by atoms with Crippen LogP contribution in [0.5, 0.6) is 5.88 Å². The fourth-order valence-electron chi connectivity index (χ4n) is 5.00. The number of aliphatic hydroxyl groups excluding tert-OH is 2. The van der Waals surface area contributed by atoms with Gasteiger partial charge in [0.2, 0.25) is 11.8 Å². The molecule has 0 radical (unpaired) electrons. The molecule has 2 aliphatic carbocycles. The first-order valence-electron chi connectivity index (χ1n) is 12.4. The number of nitrogens with one attached hydrogen (secondary N) is 1. The third-order valence-corrected chi connectivity index (χ3v) is 7.21. The topological polar surface area (TPSA) is 100 Å². The van der Waals surface area contributed by atoms with E-state index in [4.69, 9.17) is 14.7 Å². The van der Waals surface area contributed by atoms with Crippen molar-refractivity contribution in [2.75, 3.05) is 5.32 Å². The number of hydrogen-bond donors (Lipinski definition) is 3. The molecule has 7 heteroatoms. The first-order valence-corrected chi connectivity index (χ1v) is 12.4. The van der Waals surface area contributed by atoms with Gasteiger partial charge in [-0.25, -0.2) is 15.0 Å². The predicted octanol–water partition coefficient (Wildman–Crippen LogP) is 4.57. The summed E-state index contributed by atoms with van der Waals surface area (Å²) in [5.41, 5.74) is 2.00. The van der Waals surface area contributed by atoms with Crippen LogP contribution in [0.2, 0.25) is 0 Å². The summed E-state index contributed by atoms with van der Waals surface area (Å²) >= 11 is 0. The standard InChI is InChI=1S/C25H38N4O3/c1-4-16(3)28-25-27-14-22-23(29-25)21(17-6-9-18(30)10-7-17)13-26-24(22)32-20-11-15(2)5-8-19(31)12-20/h13-20,30-31H,4-12H2,1-3H3,(H,27,28,29)/t15-,16+,17?,18?,19+,20?/m1/s1. The Morgan fingerprint density at radius 3 is 2.53 bits per heavy atom. The number of hydrogen-bond acceptors (Lipinski definition) is 7. The summed E-state index contributed by atoms with van der Waals surface area (Å²) in [4.78, 5) is 14.2. The number of nitrogens with zero attached hydrogens (tertiary/aromatic N) is 3. The molecule has 2 aromatic rings. The van der Waals surface area contributed by atoms with Gasteiger partial charge in [-0.2, -0.15) is 0 Å². The number of ether oxygens (including phenoxy) is 1. The smallest absolute Gasteiger partial charge is 0.224 e. The molecule has 3 N–H and O–H groups in total. The molecule has 7 nitrogen and oxygen atoms in total. The molecule has 4 atom stereocenters. The lowest BCUT2D eigenvalue weighted by atomic mass is 9.83. The molecule has 0 spiro atoms. The summed E-state index contributed by atoms with van der Waals surface area (Å²) in [6.45, 7) is 6.47. The van der Waals surface area contributed by atoms with Gasteiger partial charge in [0.15, 0.2) is 0 Å². The molecule has 2 heterocycles. The summed E-state index contributed by atoms with van der Waals surface area (Å²) in [6, 6.07) is 0.284. The second kappa shape index (κ2) is 10.3. The maximum Gasteiger partial charge on any atom is 0.224 e. The van der Waals surface area contributed by atoms with E-state index < -0.39 is 0 Å². The molecule has 1 unspecified atom stereocenters. The highest BCUT2D eigenvalue weighted by molar-refractivity contribution is 5.86. The van der Waals surface area contributed by atoms with E-state index >= 15 is 0 Å². The number of aromatic nitrogens is 3. The second-order valence-corrected chi connectivity index (χ2v) is 9.98. The average Bonchev–Trinajstić information content (AvgIpc) is 2.94. The van der Waals surface area contributed by atoms with E-state index in [1.165, 1.54) is 0 Å². The fraction of sp³-hybridized carbons (Fsp3) is 0.720. The van der Waals surface area contributed by atoms with Gasteiger partial charge < -0.3 is 20.3 Å². The van der Waals surface area contributed by atoms with Crippen LogP contribution in [-0.2, 0) is 0 Å². The van der Waals surface area contributed by atoms with Crippen molar-refractivity contribution in [1.82, 2.24) is 15.0 Å². The molecule has 0 aromatic carbocycles. The molecular weight excluding hydrogens is 404 g/mol. The maximum atomic E-state index is 10.3. The van der Waals surface area contributed by atoms with Gasteiger partial charge in [-0.15, -0.1) is 0 Å². The number of aliphatic hydroxyl groups is 2. The van der Waals surface area contributed by atoms with Crippen molar-refractivity contribution in [2.24, 2.45) is 5.92 Å². The SMILES string of the molecule is CC[C@H](C)Nc1ncc2c(OC3C[C@H](C)CC[C@H](O)C3)ncc(C3CCC(O)CC3)c2n1. The van der Waals surface area contributed by atoms with Crippen LogP contribution in [0.1, 0.15) is 90.0 Å². The molecule has 0 aliphatic heterocycles. The van der Waals surface area contributed by atoms with Crippen LogP contribution in [0.15, 0.2) is 12.4 Å². The molecule has 2 saturated carbocycles. The van der Waals surface area contributed by atoms with E-state index in [0.717, 1.165) is 67.8 Å². The van der Waals surface area contributed by atoms with Crippen molar-refractivity contribution in [3.05, 3.63) is 18.0 Å². The number of fused-ring (bicyclic) bond motifs is 1. The first-order chi connectivity index (χ1) is 15.4. The number of rotatable bonds is 6. The summed E-state index contributed by atoms with van der Waals surface area (Å²) in [5, 5.41) is 24.5. The van der Waals surface area contributed by atoms with Gasteiger partial charge in [0.1, 0.15) is 6.10 Å². The minimum Gasteiger partial charge on any atom is -0.474 e. The van der Waals surface area contributed by atoms with Gasteiger partial charge in [0.25, 0.3) is 0 Å². The van der Waals surface area contributed by atoms with Crippen LogP contribution >= 0.6 is 0 Å². The Balaban J connectivity index is 1.68. The Morgan fingerprint density at radius 2 is 1.78 bits per heavy atom. The third kappa shape index (κ3) is 5.49. The van der Waals surface area contributed by atoms with E-state index in [0.29, 0.717) is 30.1 Å². The molecule has 2 fully saturated rings. The minimum absolute atomic E-state index is 0.0632. The van der Waals surface area contributed by atoms with Gasteiger partial charge in [0.05, 0.1) is 23.1 Å². The second-order valence-electron chi connectivity index (χ2n) is 9.98. The lowest BCUT2D eigenvalue weighted by molar-refractivity contribution is 0.0949. The largest absolute Gasteiger partial charge is 0.474 e. The zero-order chi connectivity index (χ0) is 22.7. The molecule has 0 saturated heterocycles. The van der Waals surface area contributed by atoms with Crippen molar-refractivity contribution >= 4 is 16.9 Å². The summed E-state index contributed by atoms with van der Waals surface area (Å²) < 4.78 is 6.38. The Bertz CT molecular complexity index is 888. The van der Waals surface area contributed by atoms with Crippen molar-refractivity contribution in [2.45, 2.75) is 109 Å². The van der Waals surface area contributed by atoms with Gasteiger partial charge in [-0.05, 0) is 70.1 Å². The first kappa shape index (κ1) is 23.2. The molecule has 176 valence electrons. The minimum atomic E-state index is -0.327. The molecule has 0 amide bonds. The van der Waals surface area contributed by atoms with Crippen molar-refractivity contribution in [3.8, 4) is 5.88 Å². The molecule has 32 heavy (non-hydrogen) atoms. The Kier molecular flexibility index (Phi) is 7.46. The maximum absolute atomic E-state index is 10.3. The number of anilines is 1. The van der Waals surface area contributed by atoms with Crippen molar-refractivity contribution in [1.29, 1.82) is 0 Å². The van der Waals surface area contributed by atoms with E-state index in [1.807, 2.05) is 12.4 Å². The normalized spacial score (nSPS) is 30.0. The van der Waals surface area contributed by atoms with Gasteiger partial charge >= 0.3 is 0 Å². The van der Waals surface area contributed by atoms with Gasteiger partial charge in [-0.1, -0.05) is 13.8 Å². The predicted molar refractivity (Wildman–Crippen MR) is 126 cm³/mol. The van der Waals surface area contributed by atoms with Crippen LogP contribution in [0.3, 0.4) is 0 Å². The van der Waals surface area contributed by atoms with Crippen molar-refractivity contribution < 1.29 is 14.9 Å². The highest BCUT2D eigenvalue weighted by atomic mass is 16.5. The molecule has 4 rings (SSSR count).